The van der Waals surface area contributed by atoms with Crippen LogP contribution in [0.4, 0.5) is 39.5 Å². The van der Waals surface area contributed by atoms with Gasteiger partial charge in [0.15, 0.2) is 0 Å². The molecule has 0 aromatic heterocycles. The molecule has 1 unspecified atom stereocenters. The maximum absolute atomic E-state index is 14.1. The monoisotopic (exact) mass is 500 g/mol. The summed E-state index contributed by atoms with van der Waals surface area (Å²) < 4.78 is 127. The van der Waals surface area contributed by atoms with Gasteiger partial charge in [0.2, 0.25) is 0 Å². The molecule has 1 aliphatic rings. The molecule has 1 N–H and O–H groups in total. The van der Waals surface area contributed by atoms with Crippen LogP contribution in [0, 0.1) is 0 Å². The van der Waals surface area contributed by atoms with Crippen molar-refractivity contribution in [2.24, 2.45) is 10.3 Å². The van der Waals surface area contributed by atoms with Crippen LogP contribution in [0.5, 0.6) is 5.75 Å². The summed E-state index contributed by atoms with van der Waals surface area (Å²) in [5, 5.41) is 14.8. The van der Waals surface area contributed by atoms with Crippen LogP contribution in [0.15, 0.2) is 46.7 Å². The summed E-state index contributed by atoms with van der Waals surface area (Å²) in [5.41, 5.74) is -9.06. The van der Waals surface area contributed by atoms with Crippen LogP contribution in [0.25, 0.3) is 0 Å². The third kappa shape index (κ3) is 4.61. The highest BCUT2D eigenvalue weighted by molar-refractivity contribution is 6.03. The number of alkyl halides is 9. The van der Waals surface area contributed by atoms with Crippen molar-refractivity contribution >= 4 is 11.9 Å². The van der Waals surface area contributed by atoms with Crippen LogP contribution < -0.4 is 4.74 Å². The molecule has 0 fully saturated rings. The predicted octanol–water partition coefficient (Wildman–Crippen LogP) is 6.12. The van der Waals surface area contributed by atoms with Gasteiger partial charge in [0.05, 0.1) is 30.2 Å². The van der Waals surface area contributed by atoms with Gasteiger partial charge in [0, 0.05) is 23.1 Å². The minimum absolute atomic E-state index is 0.0129. The molecule has 1 heterocycles. The zero-order chi connectivity index (χ0) is 25.5. The Hall–Kier alpha value is -3.45. The van der Waals surface area contributed by atoms with Gasteiger partial charge in [-0.05, 0) is 30.3 Å². The molecule has 1 aliphatic heterocycles. The van der Waals surface area contributed by atoms with E-state index in [1.807, 2.05) is 0 Å². The zero-order valence-corrected chi connectivity index (χ0v) is 16.8. The third-order valence-electron chi connectivity index (χ3n) is 5.00. The van der Waals surface area contributed by atoms with Gasteiger partial charge in [-0.3, -0.25) is 0 Å². The second-order valence-corrected chi connectivity index (χ2v) is 7.13. The van der Waals surface area contributed by atoms with E-state index in [0.717, 1.165) is 6.21 Å². The van der Waals surface area contributed by atoms with E-state index in [1.165, 1.54) is 25.3 Å². The Balaban J connectivity index is 2.14. The second-order valence-electron chi connectivity index (χ2n) is 7.13. The first kappa shape index (κ1) is 25.2. The Bertz CT molecular complexity index is 1110. The number of benzene rings is 2. The summed E-state index contributed by atoms with van der Waals surface area (Å²) in [5.74, 6) is 0.0425. The fourth-order valence-electron chi connectivity index (χ4n) is 3.31. The van der Waals surface area contributed by atoms with Crippen LogP contribution in [0.3, 0.4) is 0 Å². The number of nitrogens with zero attached hydrogens (tertiary/aromatic N) is 2. The van der Waals surface area contributed by atoms with Gasteiger partial charge < -0.3 is 14.8 Å². The fraction of sp³-hybridized carbons (Fsp3) is 0.300. The van der Waals surface area contributed by atoms with Gasteiger partial charge >= 0.3 is 18.5 Å². The van der Waals surface area contributed by atoms with Crippen molar-refractivity contribution in [3.05, 3.63) is 64.2 Å². The first-order chi connectivity index (χ1) is 15.6. The predicted molar refractivity (Wildman–Crippen MR) is 98.8 cm³/mol. The largest absolute Gasteiger partial charge is 0.496 e. The van der Waals surface area contributed by atoms with Crippen LogP contribution >= 0.6 is 0 Å². The molecule has 0 radical (unpaired) electrons. The van der Waals surface area contributed by atoms with Crippen LogP contribution in [-0.2, 0) is 22.8 Å². The molecule has 34 heavy (non-hydrogen) atoms. The summed E-state index contributed by atoms with van der Waals surface area (Å²) in [7, 11) is 1.21. The highest BCUT2D eigenvalue weighted by Gasteiger charge is 2.63. The summed E-state index contributed by atoms with van der Waals surface area (Å²) in [6.45, 7) is 0. The van der Waals surface area contributed by atoms with E-state index in [0.29, 0.717) is 0 Å². The van der Waals surface area contributed by atoms with Gasteiger partial charge in [-0.15, -0.1) is 0 Å². The van der Waals surface area contributed by atoms with Crippen molar-refractivity contribution in [2.75, 3.05) is 7.11 Å². The maximum Gasteiger partial charge on any atom is 0.435 e. The van der Waals surface area contributed by atoms with E-state index in [1.54, 1.807) is 0 Å². The number of hydrogen-bond donors (Lipinski definition) is 1. The minimum Gasteiger partial charge on any atom is -0.496 e. The molecule has 0 spiro atoms. The topological polar surface area (TPSA) is 63.4 Å². The average Bonchev–Trinajstić information content (AvgIpc) is 3.20. The van der Waals surface area contributed by atoms with Crippen LogP contribution in [0.2, 0.25) is 0 Å². The first-order valence-electron chi connectivity index (χ1n) is 9.10. The molecule has 2 aromatic carbocycles. The van der Waals surface area contributed by atoms with Gasteiger partial charge in [-0.1, -0.05) is 16.4 Å². The third-order valence-corrected chi connectivity index (χ3v) is 5.00. The summed E-state index contributed by atoms with van der Waals surface area (Å²) in [6.07, 6.45) is -16.4. The maximum atomic E-state index is 14.1. The first-order valence-corrected chi connectivity index (χ1v) is 9.10. The zero-order valence-electron chi connectivity index (χ0n) is 16.8. The molecule has 0 amide bonds. The summed E-state index contributed by atoms with van der Waals surface area (Å²) >= 11 is 0. The van der Waals surface area contributed by atoms with Crippen LogP contribution in [-0.4, -0.2) is 30.4 Å². The molecule has 0 bridgehead atoms. The van der Waals surface area contributed by atoms with E-state index in [9.17, 15) is 39.5 Å². The lowest BCUT2D eigenvalue weighted by Crippen LogP contribution is -2.43. The smallest absolute Gasteiger partial charge is 0.435 e. The molecule has 3 rings (SSSR count). The van der Waals surface area contributed by atoms with Crippen LogP contribution in [0.1, 0.15) is 34.2 Å². The van der Waals surface area contributed by atoms with E-state index >= 15 is 0 Å². The number of methoxy groups -OCH3 is 1. The molecule has 0 saturated heterocycles. The number of ether oxygens (including phenoxy) is 1. The quantitative estimate of drug-likeness (QED) is 0.238. The van der Waals surface area contributed by atoms with Gasteiger partial charge in [-0.2, -0.15) is 39.5 Å². The molecule has 0 saturated carbocycles. The summed E-state index contributed by atoms with van der Waals surface area (Å²) in [4.78, 5) is 4.57. The Morgan fingerprint density at radius 3 is 2.03 bits per heavy atom. The van der Waals surface area contributed by atoms with Crippen molar-refractivity contribution < 1.29 is 54.3 Å². The van der Waals surface area contributed by atoms with Gasteiger partial charge in [0.1, 0.15) is 5.75 Å². The van der Waals surface area contributed by atoms with E-state index in [2.05, 4.69) is 15.1 Å². The number of rotatable bonds is 4. The van der Waals surface area contributed by atoms with E-state index in [-0.39, 0.29) is 35.1 Å². The Morgan fingerprint density at radius 2 is 1.56 bits per heavy atom. The Kier molecular flexibility index (Phi) is 6.22. The van der Waals surface area contributed by atoms with E-state index < -0.39 is 53.0 Å². The molecule has 1 atom stereocenters. The normalized spacial score (nSPS) is 19.3. The number of halogens is 9. The minimum atomic E-state index is -5.45. The van der Waals surface area contributed by atoms with Crippen molar-refractivity contribution in [2.45, 2.75) is 30.6 Å². The SMILES string of the molecule is COc1cc(C2=NOC(c3cc(C(F)(F)F)cc(C(F)(F)F)c3)(C(F)(F)F)C2)ccc1/C=N/O. The summed E-state index contributed by atoms with van der Waals surface area (Å²) in [6, 6.07) is 3.36. The standard InChI is InChI=1S/C20H13F9N2O3/c1-33-16-4-10(2-3-11(16)9-30-32)15-8-17(34-31-15,20(27,28)29)12-5-13(18(21,22)23)7-14(6-12)19(24,25)26/h2-7,9,32H,8H2,1H3/b30-9+. The lowest BCUT2D eigenvalue weighted by atomic mass is 9.84. The molecular formula is C20H13F9N2O3. The molecule has 14 heteroatoms. The molecule has 0 aliphatic carbocycles. The van der Waals surface area contributed by atoms with Crippen molar-refractivity contribution in [3.8, 4) is 5.75 Å². The number of hydrogen-bond acceptors (Lipinski definition) is 5. The molecule has 184 valence electrons. The van der Waals surface area contributed by atoms with E-state index in [4.69, 9.17) is 9.94 Å². The highest BCUT2D eigenvalue weighted by Crippen LogP contribution is 2.51. The van der Waals surface area contributed by atoms with Crippen molar-refractivity contribution in [3.63, 3.8) is 0 Å². The van der Waals surface area contributed by atoms with Crippen molar-refractivity contribution in [1.82, 2.24) is 0 Å². The fourth-order valence-corrected chi connectivity index (χ4v) is 3.31. The van der Waals surface area contributed by atoms with Gasteiger partial charge in [-0.25, -0.2) is 0 Å². The Morgan fingerprint density at radius 1 is 0.971 bits per heavy atom. The Labute approximate surface area is 185 Å². The van der Waals surface area contributed by atoms with Gasteiger partial charge in [0.25, 0.3) is 5.60 Å². The molecular weight excluding hydrogens is 487 g/mol. The van der Waals surface area contributed by atoms with Crippen molar-refractivity contribution in [1.29, 1.82) is 0 Å². The lowest BCUT2D eigenvalue weighted by molar-refractivity contribution is -0.276. The molecule has 5 nitrogen and oxygen atoms in total. The average molecular weight is 500 g/mol. The lowest BCUT2D eigenvalue weighted by Gasteiger charge is -2.30. The second kappa shape index (κ2) is 8.40. The molecule has 2 aromatic rings. The highest BCUT2D eigenvalue weighted by atomic mass is 19.4. The number of oxime groups is 2.